The Labute approximate surface area is 164 Å². The quantitative estimate of drug-likeness (QED) is 0.845. The van der Waals surface area contributed by atoms with Gasteiger partial charge in [-0.3, -0.25) is 0 Å². The minimum absolute atomic E-state index is 0.303. The summed E-state index contributed by atoms with van der Waals surface area (Å²) >= 11 is 0. The number of ether oxygens (including phenoxy) is 2. The molecule has 2 N–H and O–H groups in total. The van der Waals surface area contributed by atoms with Crippen LogP contribution in [-0.4, -0.2) is 48.0 Å². The van der Waals surface area contributed by atoms with Crippen LogP contribution in [0.3, 0.4) is 0 Å². The second-order valence-corrected chi connectivity index (χ2v) is 7.61. The van der Waals surface area contributed by atoms with Crippen LogP contribution in [0, 0.1) is 5.82 Å². The van der Waals surface area contributed by atoms with Crippen LogP contribution in [0.2, 0.25) is 0 Å². The molecule has 2 aromatic rings. The monoisotopic (exact) mass is 387 g/mol. The molecule has 0 spiro atoms. The Morgan fingerprint density at radius 3 is 2.39 bits per heavy atom. The molecule has 6 heteroatoms. The van der Waals surface area contributed by atoms with Gasteiger partial charge in [0.1, 0.15) is 5.82 Å². The molecule has 2 aromatic carbocycles. The summed E-state index contributed by atoms with van der Waals surface area (Å²) in [6.45, 7) is 3.06. The fraction of sp³-hybridized carbons (Fsp3) is 0.455. The third-order valence-corrected chi connectivity index (χ3v) is 5.65. The molecule has 5 nitrogen and oxygen atoms in total. The number of benzene rings is 2. The van der Waals surface area contributed by atoms with E-state index in [0.717, 1.165) is 23.3 Å². The number of nitrogens with zero attached hydrogens (tertiary/aromatic N) is 1. The van der Waals surface area contributed by atoms with Crippen molar-refractivity contribution in [1.29, 1.82) is 0 Å². The summed E-state index contributed by atoms with van der Waals surface area (Å²) < 4.78 is 24.5. The second kappa shape index (κ2) is 8.07. The number of aliphatic hydroxyl groups excluding tert-OH is 1. The van der Waals surface area contributed by atoms with Crippen LogP contribution in [0.25, 0.3) is 0 Å². The van der Waals surface area contributed by atoms with E-state index in [1.807, 2.05) is 18.2 Å². The highest BCUT2D eigenvalue weighted by atomic mass is 19.1. The smallest absolute Gasteiger partial charge is 0.161 e. The second-order valence-electron chi connectivity index (χ2n) is 7.61. The number of β-amino-alcohol motifs (C(OH)–C–C–N with tert-alkyl or cyclic N) is 1. The molecule has 0 aromatic heterocycles. The highest BCUT2D eigenvalue weighted by Gasteiger charge is 2.34. The van der Waals surface area contributed by atoms with Crippen molar-refractivity contribution in [3.63, 3.8) is 0 Å². The molecular formula is C22H26FNO4. The molecule has 2 aliphatic rings. The van der Waals surface area contributed by atoms with Crippen molar-refractivity contribution in [2.45, 2.75) is 31.0 Å². The van der Waals surface area contributed by atoms with E-state index < -0.39 is 11.7 Å². The molecule has 1 saturated heterocycles. The predicted molar refractivity (Wildman–Crippen MR) is 103 cm³/mol. The molecule has 0 amide bonds. The van der Waals surface area contributed by atoms with Gasteiger partial charge in [-0.05, 0) is 48.2 Å². The first-order valence-electron chi connectivity index (χ1n) is 9.82. The zero-order valence-corrected chi connectivity index (χ0v) is 15.8. The number of piperidine rings is 1. The Kier molecular flexibility index (Phi) is 5.53. The Morgan fingerprint density at radius 2 is 1.68 bits per heavy atom. The van der Waals surface area contributed by atoms with Crippen molar-refractivity contribution in [3.05, 3.63) is 59.4 Å². The maximum atomic E-state index is 13.1. The SMILES string of the molecule is O[C@H](CN1CCC(O)(c2ccc(F)cc2)CC1)c1ccc2c(c1)OCCCO2. The molecule has 0 radical (unpaired) electrons. The predicted octanol–water partition coefficient (Wildman–Crippen LogP) is 3.00. The molecular weight excluding hydrogens is 361 g/mol. The van der Waals surface area contributed by atoms with Gasteiger partial charge in [-0.1, -0.05) is 18.2 Å². The first kappa shape index (κ1) is 19.2. The maximum Gasteiger partial charge on any atom is 0.161 e. The normalized spacial score (nSPS) is 20.4. The number of likely N-dealkylation sites (tertiary alicyclic amines) is 1. The molecule has 0 bridgehead atoms. The lowest BCUT2D eigenvalue weighted by Gasteiger charge is -2.39. The molecule has 1 fully saturated rings. The van der Waals surface area contributed by atoms with Crippen molar-refractivity contribution in [3.8, 4) is 11.5 Å². The van der Waals surface area contributed by atoms with Gasteiger partial charge >= 0.3 is 0 Å². The highest BCUT2D eigenvalue weighted by molar-refractivity contribution is 5.44. The van der Waals surface area contributed by atoms with E-state index in [9.17, 15) is 14.6 Å². The third kappa shape index (κ3) is 4.14. The number of fused-ring (bicyclic) bond motifs is 1. The maximum absolute atomic E-state index is 13.1. The average molecular weight is 387 g/mol. The summed E-state index contributed by atoms with van der Waals surface area (Å²) in [6.07, 6.45) is 1.30. The largest absolute Gasteiger partial charge is 0.490 e. The number of rotatable bonds is 4. The lowest BCUT2D eigenvalue weighted by molar-refractivity contribution is -0.0345. The molecule has 2 heterocycles. The van der Waals surface area contributed by atoms with Crippen molar-refractivity contribution >= 4 is 0 Å². The topological polar surface area (TPSA) is 62.2 Å². The van der Waals surface area contributed by atoms with Gasteiger partial charge in [-0.25, -0.2) is 4.39 Å². The van der Waals surface area contributed by atoms with Crippen LogP contribution in [0.15, 0.2) is 42.5 Å². The number of halogens is 1. The van der Waals surface area contributed by atoms with E-state index in [1.54, 1.807) is 12.1 Å². The Hall–Kier alpha value is -2.15. The van der Waals surface area contributed by atoms with Gasteiger partial charge < -0.3 is 24.6 Å². The average Bonchev–Trinajstić information content (AvgIpc) is 2.95. The molecule has 1 atom stereocenters. The fourth-order valence-corrected chi connectivity index (χ4v) is 3.89. The Balaban J connectivity index is 1.37. The van der Waals surface area contributed by atoms with Gasteiger partial charge in [-0.2, -0.15) is 0 Å². The lowest BCUT2D eigenvalue weighted by Crippen LogP contribution is -2.43. The van der Waals surface area contributed by atoms with Gasteiger partial charge in [0, 0.05) is 26.1 Å². The van der Waals surface area contributed by atoms with Crippen molar-refractivity contribution in [2.75, 3.05) is 32.8 Å². The van der Waals surface area contributed by atoms with Gasteiger partial charge in [-0.15, -0.1) is 0 Å². The number of aliphatic hydroxyl groups is 2. The van der Waals surface area contributed by atoms with Crippen molar-refractivity contribution in [1.82, 2.24) is 4.90 Å². The van der Waals surface area contributed by atoms with E-state index in [2.05, 4.69) is 4.90 Å². The molecule has 0 aliphatic carbocycles. The summed E-state index contributed by atoms with van der Waals surface area (Å²) in [7, 11) is 0. The summed E-state index contributed by atoms with van der Waals surface area (Å²) in [4.78, 5) is 2.14. The van der Waals surface area contributed by atoms with Crippen LogP contribution in [0.5, 0.6) is 11.5 Å². The third-order valence-electron chi connectivity index (χ3n) is 5.65. The molecule has 0 unspecified atom stereocenters. The van der Waals surface area contributed by atoms with Crippen LogP contribution in [-0.2, 0) is 5.60 Å². The van der Waals surface area contributed by atoms with Gasteiger partial charge in [0.25, 0.3) is 0 Å². The summed E-state index contributed by atoms with van der Waals surface area (Å²) in [5.41, 5.74) is 0.602. The molecule has 4 rings (SSSR count). The summed E-state index contributed by atoms with van der Waals surface area (Å²) in [5, 5.41) is 21.6. The summed E-state index contributed by atoms with van der Waals surface area (Å²) in [5.74, 6) is 1.09. The zero-order chi connectivity index (χ0) is 19.6. The molecule has 28 heavy (non-hydrogen) atoms. The number of hydrogen-bond acceptors (Lipinski definition) is 5. The van der Waals surface area contributed by atoms with Gasteiger partial charge in [0.05, 0.1) is 24.9 Å². The van der Waals surface area contributed by atoms with Gasteiger partial charge in [0.2, 0.25) is 0 Å². The van der Waals surface area contributed by atoms with Crippen LogP contribution < -0.4 is 9.47 Å². The Bertz CT molecular complexity index is 803. The minimum atomic E-state index is -0.940. The Morgan fingerprint density at radius 1 is 1.00 bits per heavy atom. The molecule has 0 saturated carbocycles. The van der Waals surface area contributed by atoms with Crippen LogP contribution in [0.4, 0.5) is 4.39 Å². The van der Waals surface area contributed by atoms with Gasteiger partial charge in [0.15, 0.2) is 11.5 Å². The summed E-state index contributed by atoms with van der Waals surface area (Å²) in [6, 6.07) is 11.6. The van der Waals surface area contributed by atoms with E-state index >= 15 is 0 Å². The standard InChI is InChI=1S/C22H26FNO4/c23-18-5-3-17(4-6-18)22(26)8-10-24(11-9-22)15-19(25)16-2-7-20-21(14-16)28-13-1-12-27-20/h2-7,14,19,25-26H,1,8-13,15H2/t19-/m1/s1. The number of hydrogen-bond donors (Lipinski definition) is 2. The first-order chi connectivity index (χ1) is 13.5. The van der Waals surface area contributed by atoms with E-state index in [-0.39, 0.29) is 5.82 Å². The first-order valence-corrected chi connectivity index (χ1v) is 9.82. The zero-order valence-electron chi connectivity index (χ0n) is 15.8. The molecule has 150 valence electrons. The van der Waals surface area contributed by atoms with Crippen molar-refractivity contribution < 1.29 is 24.1 Å². The fourth-order valence-electron chi connectivity index (χ4n) is 3.89. The minimum Gasteiger partial charge on any atom is -0.490 e. The van der Waals surface area contributed by atoms with E-state index in [0.29, 0.717) is 51.4 Å². The molecule has 2 aliphatic heterocycles. The van der Waals surface area contributed by atoms with Crippen LogP contribution >= 0.6 is 0 Å². The van der Waals surface area contributed by atoms with E-state index in [1.165, 1.54) is 12.1 Å². The van der Waals surface area contributed by atoms with Crippen molar-refractivity contribution in [2.24, 2.45) is 0 Å². The van der Waals surface area contributed by atoms with Crippen LogP contribution in [0.1, 0.15) is 36.5 Å². The van der Waals surface area contributed by atoms with E-state index in [4.69, 9.17) is 9.47 Å². The lowest BCUT2D eigenvalue weighted by atomic mass is 9.84. The highest BCUT2D eigenvalue weighted by Crippen LogP contribution is 2.35.